The number of alkyl halides is 3. The molecule has 0 radical (unpaired) electrons. The second-order valence-electron chi connectivity index (χ2n) is 7.12. The van der Waals surface area contributed by atoms with E-state index in [1.807, 2.05) is 30.0 Å². The van der Waals surface area contributed by atoms with E-state index >= 15 is 0 Å². The average molecular weight is 397 g/mol. The first-order valence-electron chi connectivity index (χ1n) is 9.05. The van der Waals surface area contributed by atoms with Crippen molar-refractivity contribution in [2.75, 3.05) is 13.1 Å². The van der Waals surface area contributed by atoms with Gasteiger partial charge >= 0.3 is 6.18 Å². The number of nitrogens with two attached hydrogens (primary N) is 1. The number of nitriles is 3. The molecular formula is C21H18F3N5. The van der Waals surface area contributed by atoms with Gasteiger partial charge in [-0.2, -0.15) is 29.0 Å². The van der Waals surface area contributed by atoms with E-state index in [1.54, 1.807) is 12.3 Å². The molecule has 29 heavy (non-hydrogen) atoms. The van der Waals surface area contributed by atoms with Crippen molar-refractivity contribution in [1.29, 1.82) is 15.8 Å². The molecule has 0 amide bonds. The third kappa shape index (κ3) is 3.05. The van der Waals surface area contributed by atoms with Gasteiger partial charge < -0.3 is 10.6 Å². The topological polar surface area (TPSA) is 101 Å². The van der Waals surface area contributed by atoms with Crippen LogP contribution in [-0.2, 0) is 6.18 Å². The zero-order chi connectivity index (χ0) is 21.4. The van der Waals surface area contributed by atoms with Gasteiger partial charge in [-0.25, -0.2) is 0 Å². The molecule has 1 aromatic carbocycles. The Labute approximate surface area is 166 Å². The van der Waals surface area contributed by atoms with E-state index in [2.05, 4.69) is 0 Å². The van der Waals surface area contributed by atoms with Crippen molar-refractivity contribution in [1.82, 2.24) is 4.90 Å². The van der Waals surface area contributed by atoms with Crippen LogP contribution in [-0.4, -0.2) is 24.0 Å². The first-order valence-corrected chi connectivity index (χ1v) is 9.05. The summed E-state index contributed by atoms with van der Waals surface area (Å²) in [4.78, 5) is 1.88. The van der Waals surface area contributed by atoms with E-state index in [0.717, 1.165) is 6.07 Å². The molecule has 148 valence electrons. The lowest BCUT2D eigenvalue weighted by Gasteiger charge is -2.47. The summed E-state index contributed by atoms with van der Waals surface area (Å²) in [7, 11) is 0. The second-order valence-corrected chi connectivity index (χ2v) is 7.12. The number of hydrogen-bond donors (Lipinski definition) is 1. The molecule has 0 unspecified atom stereocenters. The summed E-state index contributed by atoms with van der Waals surface area (Å²) in [5.74, 6) is -1.80. The Morgan fingerprint density at radius 3 is 2.41 bits per heavy atom. The summed E-state index contributed by atoms with van der Waals surface area (Å²) in [5, 5.41) is 29.6. The molecule has 1 aliphatic heterocycles. The lowest BCUT2D eigenvalue weighted by atomic mass is 9.55. The standard InChI is InChI=1S/C21H18F3N5/c1-2-29-8-7-13-15(9-25)19(28)20(11-26,12-27)18(16(13)10-29)14-5-3-4-6-17(14)21(22,23)24/h3-8,16,18-19H,2,10,28H2,1H3/t16-,18-,19+/m0/s1. The largest absolute Gasteiger partial charge is 0.416 e. The molecule has 0 fully saturated rings. The molecule has 3 atom stereocenters. The lowest BCUT2D eigenvalue weighted by molar-refractivity contribution is -0.138. The van der Waals surface area contributed by atoms with Crippen LogP contribution in [0.15, 0.2) is 47.7 Å². The summed E-state index contributed by atoms with van der Waals surface area (Å²) in [6, 6.07) is 9.42. The maximum atomic E-state index is 13.8. The molecule has 0 aromatic heterocycles. The minimum absolute atomic E-state index is 0.0749. The number of rotatable bonds is 2. The fourth-order valence-electron chi connectivity index (χ4n) is 4.37. The molecule has 0 bridgehead atoms. The van der Waals surface area contributed by atoms with E-state index in [0.29, 0.717) is 12.1 Å². The molecule has 0 spiro atoms. The van der Waals surface area contributed by atoms with Crippen molar-refractivity contribution >= 4 is 0 Å². The predicted octanol–water partition coefficient (Wildman–Crippen LogP) is 3.45. The van der Waals surface area contributed by atoms with E-state index in [9.17, 15) is 29.0 Å². The first kappa shape index (κ1) is 20.5. The number of halogens is 3. The Bertz CT molecular complexity index is 989. The van der Waals surface area contributed by atoms with Crippen molar-refractivity contribution < 1.29 is 13.2 Å². The summed E-state index contributed by atoms with van der Waals surface area (Å²) in [6.07, 6.45) is -1.24. The van der Waals surface area contributed by atoms with Crippen LogP contribution in [0.25, 0.3) is 0 Å². The van der Waals surface area contributed by atoms with E-state index in [1.165, 1.54) is 18.2 Å². The third-order valence-electron chi connectivity index (χ3n) is 5.80. The number of fused-ring (bicyclic) bond motifs is 1. The summed E-state index contributed by atoms with van der Waals surface area (Å²) in [6.45, 7) is 2.76. The van der Waals surface area contributed by atoms with E-state index in [-0.39, 0.29) is 17.7 Å². The Morgan fingerprint density at radius 2 is 1.86 bits per heavy atom. The Morgan fingerprint density at radius 1 is 1.21 bits per heavy atom. The van der Waals surface area contributed by atoms with E-state index in [4.69, 9.17) is 5.73 Å². The molecule has 3 rings (SSSR count). The van der Waals surface area contributed by atoms with Crippen LogP contribution >= 0.6 is 0 Å². The molecule has 1 aliphatic carbocycles. The molecule has 2 N–H and O–H groups in total. The van der Waals surface area contributed by atoms with Gasteiger partial charge in [0, 0.05) is 24.9 Å². The van der Waals surface area contributed by atoms with Crippen LogP contribution in [0.2, 0.25) is 0 Å². The molecule has 2 aliphatic rings. The first-order chi connectivity index (χ1) is 13.7. The zero-order valence-electron chi connectivity index (χ0n) is 15.6. The highest BCUT2D eigenvalue weighted by molar-refractivity contribution is 5.54. The van der Waals surface area contributed by atoms with Gasteiger partial charge in [0.1, 0.15) is 0 Å². The second kappa shape index (κ2) is 7.28. The van der Waals surface area contributed by atoms with Gasteiger partial charge in [0.05, 0.1) is 35.4 Å². The highest BCUT2D eigenvalue weighted by Gasteiger charge is 2.57. The third-order valence-corrected chi connectivity index (χ3v) is 5.80. The SMILES string of the molecule is CCN1C=CC2=C(C#N)[C@@H](N)C(C#N)(C#N)[C@@H](c3ccccc3C(F)(F)F)[C@H]2C1. The number of nitrogens with zero attached hydrogens (tertiary/aromatic N) is 4. The minimum atomic E-state index is -4.66. The maximum absolute atomic E-state index is 13.8. The van der Waals surface area contributed by atoms with Crippen LogP contribution in [0.1, 0.15) is 24.0 Å². The normalized spacial score (nSPS) is 25.6. The van der Waals surface area contributed by atoms with Crippen molar-refractivity contribution in [2.45, 2.75) is 25.1 Å². The monoisotopic (exact) mass is 397 g/mol. The van der Waals surface area contributed by atoms with Crippen LogP contribution in [0, 0.1) is 45.3 Å². The van der Waals surface area contributed by atoms with E-state index < -0.39 is 35.0 Å². The molecule has 5 nitrogen and oxygen atoms in total. The average Bonchev–Trinajstić information content (AvgIpc) is 2.72. The van der Waals surface area contributed by atoms with Gasteiger partial charge in [0.25, 0.3) is 0 Å². The molecular weight excluding hydrogens is 379 g/mol. The Hall–Kier alpha value is -3.28. The summed E-state index contributed by atoms with van der Waals surface area (Å²) < 4.78 is 41.4. The minimum Gasteiger partial charge on any atom is -0.377 e. The van der Waals surface area contributed by atoms with Crippen molar-refractivity contribution in [3.63, 3.8) is 0 Å². The predicted molar refractivity (Wildman–Crippen MR) is 98.3 cm³/mol. The Balaban J connectivity index is 2.37. The Kier molecular flexibility index (Phi) is 5.13. The van der Waals surface area contributed by atoms with Crippen molar-refractivity contribution in [3.05, 3.63) is 58.8 Å². The fraction of sp³-hybridized carbons (Fsp3) is 0.381. The molecule has 0 saturated carbocycles. The quantitative estimate of drug-likeness (QED) is 0.824. The number of benzene rings is 1. The van der Waals surface area contributed by atoms with Gasteiger partial charge in [-0.05, 0) is 36.4 Å². The molecule has 1 aromatic rings. The molecule has 1 heterocycles. The van der Waals surface area contributed by atoms with Crippen LogP contribution < -0.4 is 5.73 Å². The van der Waals surface area contributed by atoms with Crippen LogP contribution in [0.4, 0.5) is 13.2 Å². The maximum Gasteiger partial charge on any atom is 0.416 e. The highest BCUT2D eigenvalue weighted by atomic mass is 19.4. The fourth-order valence-corrected chi connectivity index (χ4v) is 4.37. The summed E-state index contributed by atoms with van der Waals surface area (Å²) >= 11 is 0. The van der Waals surface area contributed by atoms with Gasteiger partial charge in [-0.3, -0.25) is 0 Å². The van der Waals surface area contributed by atoms with Gasteiger partial charge in [-0.15, -0.1) is 0 Å². The van der Waals surface area contributed by atoms with Crippen LogP contribution in [0.5, 0.6) is 0 Å². The van der Waals surface area contributed by atoms with Crippen LogP contribution in [0.3, 0.4) is 0 Å². The zero-order valence-corrected chi connectivity index (χ0v) is 15.6. The smallest absolute Gasteiger partial charge is 0.377 e. The van der Waals surface area contributed by atoms with Crippen molar-refractivity contribution in [3.8, 4) is 18.2 Å². The van der Waals surface area contributed by atoms with Crippen molar-refractivity contribution in [2.24, 2.45) is 17.1 Å². The van der Waals surface area contributed by atoms with Gasteiger partial charge in [0.15, 0.2) is 5.41 Å². The van der Waals surface area contributed by atoms with Gasteiger partial charge in [-0.1, -0.05) is 18.2 Å². The number of hydrogen-bond acceptors (Lipinski definition) is 5. The summed E-state index contributed by atoms with van der Waals surface area (Å²) in [5.41, 5.74) is 3.71. The lowest BCUT2D eigenvalue weighted by Crippen LogP contribution is -2.54. The van der Waals surface area contributed by atoms with Gasteiger partial charge in [0.2, 0.25) is 0 Å². The number of allylic oxidation sites excluding steroid dienone is 1. The molecule has 8 heteroatoms. The highest BCUT2D eigenvalue weighted by Crippen LogP contribution is 2.54. The molecule has 0 saturated heterocycles.